The van der Waals surface area contributed by atoms with Gasteiger partial charge in [0.15, 0.2) is 0 Å². The maximum Gasteiger partial charge on any atom is 0.146 e. The number of hydrogen-bond donors (Lipinski definition) is 1. The Balaban J connectivity index is 2.05. The second-order valence-corrected chi connectivity index (χ2v) is 7.57. The highest BCUT2D eigenvalue weighted by Crippen LogP contribution is 2.23. The van der Waals surface area contributed by atoms with Gasteiger partial charge < -0.3 is 10.2 Å². The van der Waals surface area contributed by atoms with Crippen molar-refractivity contribution < 1.29 is 4.39 Å². The first kappa shape index (κ1) is 15.6. The van der Waals surface area contributed by atoms with Gasteiger partial charge in [0.2, 0.25) is 0 Å². The van der Waals surface area contributed by atoms with E-state index in [1.165, 1.54) is 5.75 Å². The zero-order valence-corrected chi connectivity index (χ0v) is 13.5. The number of halogens is 1. The van der Waals surface area contributed by atoms with Gasteiger partial charge in [0, 0.05) is 30.9 Å². The Labute approximate surface area is 126 Å². The second-order valence-electron chi connectivity index (χ2n) is 6.34. The lowest BCUT2D eigenvalue weighted by Gasteiger charge is -2.24. The van der Waals surface area contributed by atoms with Crippen molar-refractivity contribution in [1.82, 2.24) is 5.32 Å². The summed E-state index contributed by atoms with van der Waals surface area (Å²) < 4.78 is 14.3. The summed E-state index contributed by atoms with van der Waals surface area (Å²) in [4.78, 5) is 2.18. The number of thioether (sulfide) groups is 1. The van der Waals surface area contributed by atoms with Crippen LogP contribution in [0.25, 0.3) is 0 Å². The van der Waals surface area contributed by atoms with Crippen molar-refractivity contribution in [3.63, 3.8) is 0 Å². The predicted octanol–water partition coefficient (Wildman–Crippen LogP) is 3.66. The van der Waals surface area contributed by atoms with Crippen LogP contribution in [0.4, 0.5) is 10.1 Å². The third kappa shape index (κ3) is 4.67. The topological polar surface area (TPSA) is 15.3 Å². The van der Waals surface area contributed by atoms with Crippen LogP contribution in [-0.4, -0.2) is 30.1 Å². The van der Waals surface area contributed by atoms with Gasteiger partial charge in [-0.25, -0.2) is 4.39 Å². The first-order chi connectivity index (χ1) is 9.46. The summed E-state index contributed by atoms with van der Waals surface area (Å²) in [6.45, 7) is 8.97. The highest BCUT2D eigenvalue weighted by atomic mass is 32.2. The van der Waals surface area contributed by atoms with E-state index in [9.17, 15) is 4.39 Å². The van der Waals surface area contributed by atoms with E-state index in [1.54, 1.807) is 6.07 Å². The van der Waals surface area contributed by atoms with Crippen molar-refractivity contribution in [2.45, 2.75) is 39.3 Å². The molecule has 0 atom stereocenters. The van der Waals surface area contributed by atoms with Gasteiger partial charge in [0.25, 0.3) is 0 Å². The Morgan fingerprint density at radius 3 is 2.75 bits per heavy atom. The molecule has 0 aliphatic carbocycles. The van der Waals surface area contributed by atoms with Crippen LogP contribution in [0.2, 0.25) is 0 Å². The molecule has 1 N–H and O–H groups in total. The molecule has 0 unspecified atom stereocenters. The summed E-state index contributed by atoms with van der Waals surface area (Å²) in [5.41, 5.74) is 1.81. The third-order valence-corrected chi connectivity index (χ3v) is 4.45. The van der Waals surface area contributed by atoms with Gasteiger partial charge >= 0.3 is 0 Å². The summed E-state index contributed by atoms with van der Waals surface area (Å²) >= 11 is 1.96. The standard InChI is InChI=1S/C16H25FN2S/c1-16(2,3)18-12-13-5-6-15(14(17)11-13)19-7-4-9-20-10-8-19/h5-6,11,18H,4,7-10,12H2,1-3H3. The molecule has 112 valence electrons. The molecule has 4 heteroatoms. The molecule has 1 aromatic carbocycles. The molecule has 1 aromatic rings. The van der Waals surface area contributed by atoms with Crippen LogP contribution < -0.4 is 10.2 Å². The SMILES string of the molecule is CC(C)(C)NCc1ccc(N2CCCSCC2)c(F)c1. The Kier molecular flexibility index (Phi) is 5.33. The molecule has 0 radical (unpaired) electrons. The fraction of sp³-hybridized carbons (Fsp3) is 0.625. The molecule has 2 nitrogen and oxygen atoms in total. The minimum absolute atomic E-state index is 0.0527. The first-order valence-electron chi connectivity index (χ1n) is 7.32. The number of rotatable bonds is 3. The molecule has 2 rings (SSSR count). The Hall–Kier alpha value is -0.740. The molecule has 1 aliphatic rings. The van der Waals surface area contributed by atoms with Crippen LogP contribution in [0.3, 0.4) is 0 Å². The molecule has 0 aromatic heterocycles. The van der Waals surface area contributed by atoms with E-state index < -0.39 is 0 Å². The largest absolute Gasteiger partial charge is 0.368 e. The van der Waals surface area contributed by atoms with Gasteiger partial charge in [0.1, 0.15) is 5.82 Å². The highest BCUT2D eigenvalue weighted by Gasteiger charge is 2.15. The average Bonchev–Trinajstić information content (AvgIpc) is 2.64. The molecule has 1 fully saturated rings. The third-order valence-electron chi connectivity index (χ3n) is 3.40. The molecule has 0 saturated carbocycles. The summed E-state index contributed by atoms with van der Waals surface area (Å²) in [7, 11) is 0. The average molecular weight is 296 g/mol. The smallest absolute Gasteiger partial charge is 0.146 e. The molecule has 1 aliphatic heterocycles. The van der Waals surface area contributed by atoms with E-state index in [-0.39, 0.29) is 11.4 Å². The van der Waals surface area contributed by atoms with Crippen molar-refractivity contribution in [2.24, 2.45) is 0 Å². The van der Waals surface area contributed by atoms with Crippen molar-refractivity contribution in [1.29, 1.82) is 0 Å². The fourth-order valence-electron chi connectivity index (χ4n) is 2.27. The number of benzene rings is 1. The van der Waals surface area contributed by atoms with Crippen LogP contribution in [0.15, 0.2) is 18.2 Å². The van der Waals surface area contributed by atoms with Crippen LogP contribution in [0.5, 0.6) is 0 Å². The summed E-state index contributed by atoms with van der Waals surface area (Å²) in [6.07, 6.45) is 1.14. The first-order valence-corrected chi connectivity index (χ1v) is 8.47. The lowest BCUT2D eigenvalue weighted by molar-refractivity contribution is 0.423. The minimum Gasteiger partial charge on any atom is -0.368 e. The predicted molar refractivity (Wildman–Crippen MR) is 87.1 cm³/mol. The van der Waals surface area contributed by atoms with Crippen molar-refractivity contribution in [2.75, 3.05) is 29.5 Å². The molecule has 1 saturated heterocycles. The Morgan fingerprint density at radius 2 is 2.05 bits per heavy atom. The lowest BCUT2D eigenvalue weighted by Crippen LogP contribution is -2.35. The van der Waals surface area contributed by atoms with Gasteiger partial charge in [-0.1, -0.05) is 6.07 Å². The fourth-order valence-corrected chi connectivity index (χ4v) is 3.16. The summed E-state index contributed by atoms with van der Waals surface area (Å²) in [6, 6.07) is 5.65. The zero-order valence-electron chi connectivity index (χ0n) is 12.7. The van der Waals surface area contributed by atoms with Crippen LogP contribution >= 0.6 is 11.8 Å². The molecule has 20 heavy (non-hydrogen) atoms. The molecule has 1 heterocycles. The summed E-state index contributed by atoms with van der Waals surface area (Å²) in [5, 5.41) is 3.39. The summed E-state index contributed by atoms with van der Waals surface area (Å²) in [5.74, 6) is 2.18. The normalized spacial score (nSPS) is 17.1. The number of hydrogen-bond acceptors (Lipinski definition) is 3. The van der Waals surface area contributed by atoms with Crippen LogP contribution in [-0.2, 0) is 6.54 Å². The maximum atomic E-state index is 14.3. The van der Waals surface area contributed by atoms with Gasteiger partial charge in [-0.2, -0.15) is 11.8 Å². The zero-order chi connectivity index (χ0) is 14.6. The minimum atomic E-state index is -0.0925. The lowest BCUT2D eigenvalue weighted by atomic mass is 10.1. The van der Waals surface area contributed by atoms with E-state index in [0.717, 1.165) is 36.5 Å². The van der Waals surface area contributed by atoms with E-state index >= 15 is 0 Å². The number of nitrogens with one attached hydrogen (secondary N) is 1. The van der Waals surface area contributed by atoms with Gasteiger partial charge in [0.05, 0.1) is 5.69 Å². The van der Waals surface area contributed by atoms with Crippen molar-refractivity contribution >= 4 is 17.4 Å². The molecule has 0 spiro atoms. The quantitative estimate of drug-likeness (QED) is 0.916. The van der Waals surface area contributed by atoms with Crippen LogP contribution in [0.1, 0.15) is 32.8 Å². The molecular weight excluding hydrogens is 271 g/mol. The maximum absolute atomic E-state index is 14.3. The molecule has 0 amide bonds. The second kappa shape index (κ2) is 6.81. The Morgan fingerprint density at radius 1 is 1.25 bits per heavy atom. The Bertz CT molecular complexity index is 435. The molecular formula is C16H25FN2S. The molecule has 0 bridgehead atoms. The van der Waals surface area contributed by atoms with E-state index in [0.29, 0.717) is 6.54 Å². The van der Waals surface area contributed by atoms with Crippen molar-refractivity contribution in [3.8, 4) is 0 Å². The van der Waals surface area contributed by atoms with E-state index in [2.05, 4.69) is 31.0 Å². The number of nitrogens with zero attached hydrogens (tertiary/aromatic N) is 1. The van der Waals surface area contributed by atoms with Gasteiger partial charge in [-0.15, -0.1) is 0 Å². The van der Waals surface area contributed by atoms with Gasteiger partial charge in [-0.3, -0.25) is 0 Å². The monoisotopic (exact) mass is 296 g/mol. The van der Waals surface area contributed by atoms with Crippen molar-refractivity contribution in [3.05, 3.63) is 29.6 Å². The van der Waals surface area contributed by atoms with Crippen LogP contribution in [0, 0.1) is 5.82 Å². The number of anilines is 1. The van der Waals surface area contributed by atoms with E-state index in [1.807, 2.05) is 23.9 Å². The highest BCUT2D eigenvalue weighted by molar-refractivity contribution is 7.99. The van der Waals surface area contributed by atoms with E-state index in [4.69, 9.17) is 0 Å². The van der Waals surface area contributed by atoms with Gasteiger partial charge in [-0.05, 0) is 50.6 Å².